The lowest BCUT2D eigenvalue weighted by molar-refractivity contribution is -0.302. The van der Waals surface area contributed by atoms with Crippen LogP contribution in [0.25, 0.3) is 0 Å². The van der Waals surface area contributed by atoms with Crippen molar-refractivity contribution in [3.05, 3.63) is 0 Å². The van der Waals surface area contributed by atoms with Crippen LogP contribution in [-0.2, 0) is 9.47 Å². The van der Waals surface area contributed by atoms with Crippen LogP contribution >= 0.6 is 22.6 Å². The molecule has 1 saturated heterocycles. The van der Waals surface area contributed by atoms with E-state index in [1.165, 1.54) is 38.5 Å². The molecule has 4 saturated carbocycles. The minimum Gasteiger partial charge on any atom is -0.393 e. The molecule has 0 aromatic carbocycles. The molecule has 0 radical (unpaired) electrons. The number of halogens is 1. The molecule has 0 aromatic rings. The number of alkyl halides is 1. The van der Waals surface area contributed by atoms with Crippen molar-refractivity contribution in [1.82, 2.24) is 0 Å². The zero-order valence-corrected chi connectivity index (χ0v) is 18.5. The lowest BCUT2D eigenvalue weighted by Gasteiger charge is -2.62. The Morgan fingerprint density at radius 2 is 1.58 bits per heavy atom. The molecule has 1 aliphatic heterocycles. The quantitative estimate of drug-likeness (QED) is 0.400. The van der Waals surface area contributed by atoms with Crippen LogP contribution in [-0.4, -0.2) is 34.1 Å². The van der Waals surface area contributed by atoms with E-state index >= 15 is 0 Å². The number of aliphatic hydroxyl groups is 1. The second kappa shape index (κ2) is 6.30. The first-order valence-corrected chi connectivity index (χ1v) is 12.2. The molecule has 26 heavy (non-hydrogen) atoms. The summed E-state index contributed by atoms with van der Waals surface area (Å²) in [6.07, 6.45) is 10.9. The third-order valence-corrected chi connectivity index (χ3v) is 10.4. The molecule has 5 rings (SSSR count). The maximum absolute atomic E-state index is 10.6. The molecule has 7 atom stereocenters. The van der Waals surface area contributed by atoms with Gasteiger partial charge in [0.15, 0.2) is 5.79 Å². The van der Waals surface area contributed by atoms with Gasteiger partial charge in [0, 0.05) is 12.8 Å². The molecule has 1 spiro atoms. The fraction of sp³-hybridized carbons (Fsp3) is 1.00. The van der Waals surface area contributed by atoms with Crippen molar-refractivity contribution >= 4 is 22.6 Å². The monoisotopic (exact) mass is 474 g/mol. The maximum atomic E-state index is 10.6. The number of fused-ring (bicyclic) bond motifs is 5. The summed E-state index contributed by atoms with van der Waals surface area (Å²) in [6, 6.07) is 0. The van der Waals surface area contributed by atoms with Gasteiger partial charge in [-0.25, -0.2) is 0 Å². The van der Waals surface area contributed by atoms with Gasteiger partial charge >= 0.3 is 0 Å². The first-order chi connectivity index (χ1) is 12.4. The van der Waals surface area contributed by atoms with Crippen molar-refractivity contribution in [3.8, 4) is 0 Å². The highest BCUT2D eigenvalue weighted by molar-refractivity contribution is 14.1. The molecule has 1 heterocycles. The zero-order valence-electron chi connectivity index (χ0n) is 16.4. The zero-order chi connectivity index (χ0) is 18.2. The van der Waals surface area contributed by atoms with Crippen LogP contribution in [0.5, 0.6) is 0 Å². The second-order valence-corrected chi connectivity index (χ2v) is 12.4. The number of rotatable bonds is 0. The molecule has 1 N–H and O–H groups in total. The van der Waals surface area contributed by atoms with Gasteiger partial charge in [-0.3, -0.25) is 0 Å². The predicted octanol–water partition coefficient (Wildman–Crippen LogP) is 4.94. The number of hydrogen-bond acceptors (Lipinski definition) is 3. The molecule has 148 valence electrons. The summed E-state index contributed by atoms with van der Waals surface area (Å²) >= 11 is 2.45. The molecular formula is C22H35IO3. The fourth-order valence-electron chi connectivity index (χ4n) is 8.01. The average Bonchev–Trinajstić information content (AvgIpc) is 2.94. The van der Waals surface area contributed by atoms with E-state index < -0.39 is 0 Å². The van der Waals surface area contributed by atoms with Crippen molar-refractivity contribution < 1.29 is 14.6 Å². The summed E-state index contributed by atoms with van der Waals surface area (Å²) in [6.45, 7) is 6.70. The third-order valence-electron chi connectivity index (χ3n) is 9.67. The van der Waals surface area contributed by atoms with Crippen LogP contribution in [0, 0.1) is 34.5 Å². The molecule has 5 aliphatic rings. The van der Waals surface area contributed by atoms with E-state index in [-0.39, 0.29) is 17.3 Å². The summed E-state index contributed by atoms with van der Waals surface area (Å²) < 4.78 is 13.1. The van der Waals surface area contributed by atoms with Gasteiger partial charge in [0.05, 0.1) is 23.2 Å². The molecule has 1 unspecified atom stereocenters. The van der Waals surface area contributed by atoms with E-state index in [4.69, 9.17) is 9.47 Å². The Bertz CT molecular complexity index is 560. The summed E-state index contributed by atoms with van der Waals surface area (Å²) in [7, 11) is 0. The SMILES string of the molecule is C[C@]12CC[C@H]3[C@@H](CCC4CC5(CC[C@@]43C)OCC(I)CO5)[C@@H]1CC[C@@H]2O. The summed E-state index contributed by atoms with van der Waals surface area (Å²) in [5, 5.41) is 10.6. The van der Waals surface area contributed by atoms with Crippen molar-refractivity contribution in [2.24, 2.45) is 34.5 Å². The van der Waals surface area contributed by atoms with Crippen molar-refractivity contribution in [1.29, 1.82) is 0 Å². The highest BCUT2D eigenvalue weighted by Crippen LogP contribution is 2.67. The van der Waals surface area contributed by atoms with E-state index in [1.807, 2.05) is 0 Å². The van der Waals surface area contributed by atoms with E-state index in [1.54, 1.807) is 0 Å². The van der Waals surface area contributed by atoms with Gasteiger partial charge in [-0.15, -0.1) is 0 Å². The highest BCUT2D eigenvalue weighted by Gasteiger charge is 2.61. The topological polar surface area (TPSA) is 38.7 Å². The van der Waals surface area contributed by atoms with Crippen LogP contribution in [0.4, 0.5) is 0 Å². The van der Waals surface area contributed by atoms with Crippen LogP contribution in [0.2, 0.25) is 0 Å². The van der Waals surface area contributed by atoms with Gasteiger partial charge in [-0.05, 0) is 79.4 Å². The van der Waals surface area contributed by atoms with Gasteiger partial charge < -0.3 is 14.6 Å². The average molecular weight is 474 g/mol. The summed E-state index contributed by atoms with van der Waals surface area (Å²) in [4.78, 5) is 0. The normalized spacial score (nSPS) is 59.5. The largest absolute Gasteiger partial charge is 0.393 e. The van der Waals surface area contributed by atoms with E-state index in [2.05, 4.69) is 36.4 Å². The van der Waals surface area contributed by atoms with Gasteiger partial charge in [0.1, 0.15) is 0 Å². The lowest BCUT2D eigenvalue weighted by atomic mass is 9.45. The maximum Gasteiger partial charge on any atom is 0.168 e. The molecule has 0 bridgehead atoms. The molecular weight excluding hydrogens is 439 g/mol. The van der Waals surface area contributed by atoms with Crippen molar-refractivity contribution in [2.75, 3.05) is 13.2 Å². The van der Waals surface area contributed by atoms with E-state index in [9.17, 15) is 5.11 Å². The van der Waals surface area contributed by atoms with E-state index in [0.717, 1.165) is 56.1 Å². The standard InChI is InChI=1S/C22H35IO3/c1-20-9-10-22(25-12-15(23)13-26-22)11-14(20)3-4-16-17-5-6-19(24)21(17,2)8-7-18(16)20/h14-19,24H,3-13H2,1-2H3/t14?,15?,16-,17-,18-,19-,20-,21-,22?/m0/s1. The predicted molar refractivity (Wildman–Crippen MR) is 110 cm³/mol. The van der Waals surface area contributed by atoms with Gasteiger partial charge in [-0.2, -0.15) is 0 Å². The molecule has 4 heteroatoms. The first-order valence-electron chi connectivity index (χ1n) is 11.0. The summed E-state index contributed by atoms with van der Waals surface area (Å²) in [5.41, 5.74) is 0.655. The lowest BCUT2D eigenvalue weighted by Crippen LogP contribution is -2.58. The Morgan fingerprint density at radius 3 is 2.35 bits per heavy atom. The molecule has 3 nitrogen and oxygen atoms in total. The van der Waals surface area contributed by atoms with Crippen LogP contribution in [0.3, 0.4) is 0 Å². The van der Waals surface area contributed by atoms with Gasteiger partial charge in [0.2, 0.25) is 0 Å². The Labute approximate surface area is 172 Å². The highest BCUT2D eigenvalue weighted by atomic mass is 127. The second-order valence-electron chi connectivity index (χ2n) is 10.6. The molecule has 0 amide bonds. The molecule has 5 fully saturated rings. The number of hydrogen-bond donors (Lipinski definition) is 1. The Balaban J connectivity index is 1.36. The smallest absolute Gasteiger partial charge is 0.168 e. The van der Waals surface area contributed by atoms with Crippen molar-refractivity contribution in [2.45, 2.75) is 87.5 Å². The van der Waals surface area contributed by atoms with E-state index in [0.29, 0.717) is 9.34 Å². The minimum absolute atomic E-state index is 0.0566. The van der Waals surface area contributed by atoms with Crippen LogP contribution in [0.1, 0.15) is 71.6 Å². The third kappa shape index (κ3) is 2.60. The van der Waals surface area contributed by atoms with Gasteiger partial charge in [-0.1, -0.05) is 36.4 Å². The Morgan fingerprint density at radius 1 is 0.846 bits per heavy atom. The minimum atomic E-state index is -0.272. The summed E-state index contributed by atoms with van der Waals surface area (Å²) in [5.74, 6) is 2.92. The van der Waals surface area contributed by atoms with Crippen LogP contribution in [0.15, 0.2) is 0 Å². The van der Waals surface area contributed by atoms with Crippen molar-refractivity contribution in [3.63, 3.8) is 0 Å². The van der Waals surface area contributed by atoms with Crippen LogP contribution < -0.4 is 0 Å². The number of aliphatic hydroxyl groups excluding tert-OH is 1. The number of ether oxygens (including phenoxy) is 2. The fourth-order valence-corrected chi connectivity index (χ4v) is 8.37. The molecule has 4 aliphatic carbocycles. The Hall–Kier alpha value is 0.610. The Kier molecular flexibility index (Phi) is 4.52. The van der Waals surface area contributed by atoms with Gasteiger partial charge in [0.25, 0.3) is 0 Å². The first kappa shape index (κ1) is 18.6. The molecule has 0 aromatic heterocycles.